The molecule has 5 heteroatoms. The van der Waals surface area contributed by atoms with Crippen LogP contribution in [-0.2, 0) is 16.1 Å². The second-order valence-corrected chi connectivity index (χ2v) is 6.67. The average molecular weight is 337 g/mol. The summed E-state index contributed by atoms with van der Waals surface area (Å²) in [5, 5.41) is 0. The Balaban J connectivity index is 1.84. The summed E-state index contributed by atoms with van der Waals surface area (Å²) in [6.07, 6.45) is 1.67. The summed E-state index contributed by atoms with van der Waals surface area (Å²) in [4.78, 5) is 26.2. The molecule has 2 N–H and O–H groups in total. The molecule has 0 radical (unpaired) electrons. The standard InChI is InChI=1S/C15H17BrN2O2/c1-8-5-10-11(6-8)15(20)18(14(10)19)7-9-3-2-4-12(17)13(9)16/h2-4,8,10-11H,5-7,17H2,1H3. The number of fused-ring (bicyclic) bond motifs is 1. The van der Waals surface area contributed by atoms with Gasteiger partial charge >= 0.3 is 0 Å². The van der Waals surface area contributed by atoms with Gasteiger partial charge in [0.05, 0.1) is 18.4 Å². The maximum Gasteiger partial charge on any atom is 0.233 e. The van der Waals surface area contributed by atoms with Crippen LogP contribution in [0, 0.1) is 17.8 Å². The molecule has 1 aromatic rings. The van der Waals surface area contributed by atoms with Crippen LogP contribution >= 0.6 is 15.9 Å². The maximum absolute atomic E-state index is 12.4. The lowest BCUT2D eigenvalue weighted by molar-refractivity contribution is -0.141. The van der Waals surface area contributed by atoms with Gasteiger partial charge < -0.3 is 5.73 Å². The van der Waals surface area contributed by atoms with Gasteiger partial charge in [-0.05, 0) is 46.3 Å². The molecule has 2 aliphatic rings. The van der Waals surface area contributed by atoms with Gasteiger partial charge in [-0.1, -0.05) is 19.1 Å². The lowest BCUT2D eigenvalue weighted by atomic mass is 10.00. The van der Waals surface area contributed by atoms with Crippen LogP contribution in [0.25, 0.3) is 0 Å². The highest BCUT2D eigenvalue weighted by Crippen LogP contribution is 2.43. The SMILES string of the molecule is CC1CC2C(=O)N(Cc3cccc(N)c3Br)C(=O)C2C1. The number of anilines is 1. The summed E-state index contributed by atoms with van der Waals surface area (Å²) in [5.74, 6) is 0.242. The number of carbonyl (C=O) groups excluding carboxylic acids is 2. The number of hydrogen-bond acceptors (Lipinski definition) is 3. The fourth-order valence-corrected chi connectivity index (χ4v) is 3.78. The van der Waals surface area contributed by atoms with Crippen molar-refractivity contribution in [1.82, 2.24) is 4.90 Å². The number of rotatable bonds is 2. The molecule has 2 fully saturated rings. The predicted octanol–water partition coefficient (Wildman–Crippen LogP) is 2.56. The molecular formula is C15H17BrN2O2. The molecule has 2 unspecified atom stereocenters. The van der Waals surface area contributed by atoms with Crippen molar-refractivity contribution in [1.29, 1.82) is 0 Å². The number of nitrogens with two attached hydrogens (primary N) is 1. The zero-order valence-electron chi connectivity index (χ0n) is 11.3. The quantitative estimate of drug-likeness (QED) is 0.666. The van der Waals surface area contributed by atoms with Gasteiger partial charge in [0.15, 0.2) is 0 Å². The number of nitrogens with zero attached hydrogens (tertiary/aromatic N) is 1. The molecule has 1 aliphatic heterocycles. The second-order valence-electron chi connectivity index (χ2n) is 5.87. The van der Waals surface area contributed by atoms with E-state index in [1.54, 1.807) is 6.07 Å². The van der Waals surface area contributed by atoms with E-state index in [-0.39, 0.29) is 23.7 Å². The number of hydrogen-bond donors (Lipinski definition) is 1. The molecule has 1 aliphatic carbocycles. The van der Waals surface area contributed by atoms with Crippen LogP contribution in [0.15, 0.2) is 22.7 Å². The number of carbonyl (C=O) groups is 2. The first-order valence-electron chi connectivity index (χ1n) is 6.87. The minimum absolute atomic E-state index is 0.0151. The van der Waals surface area contributed by atoms with Gasteiger partial charge in [0.1, 0.15) is 0 Å². The Kier molecular flexibility index (Phi) is 3.32. The van der Waals surface area contributed by atoms with E-state index in [1.165, 1.54) is 4.90 Å². The molecule has 0 aromatic heterocycles. The monoisotopic (exact) mass is 336 g/mol. The third-order valence-electron chi connectivity index (χ3n) is 4.40. The molecule has 106 valence electrons. The highest BCUT2D eigenvalue weighted by molar-refractivity contribution is 9.10. The number of halogens is 1. The molecule has 2 atom stereocenters. The lowest BCUT2D eigenvalue weighted by Crippen LogP contribution is -2.31. The second kappa shape index (κ2) is 4.88. The molecule has 2 amide bonds. The normalized spacial score (nSPS) is 29.1. The summed E-state index contributed by atoms with van der Waals surface area (Å²) < 4.78 is 0.769. The van der Waals surface area contributed by atoms with E-state index in [9.17, 15) is 9.59 Å². The Bertz CT molecular complexity index is 563. The van der Waals surface area contributed by atoms with E-state index >= 15 is 0 Å². The molecule has 3 rings (SSSR count). The molecule has 20 heavy (non-hydrogen) atoms. The van der Waals surface area contributed by atoms with Crippen molar-refractivity contribution in [3.63, 3.8) is 0 Å². The van der Waals surface area contributed by atoms with Crippen molar-refractivity contribution in [3.05, 3.63) is 28.2 Å². The number of benzene rings is 1. The van der Waals surface area contributed by atoms with Gasteiger partial charge in [-0.25, -0.2) is 0 Å². The van der Waals surface area contributed by atoms with Crippen LogP contribution in [0.2, 0.25) is 0 Å². The van der Waals surface area contributed by atoms with Gasteiger partial charge in [-0.2, -0.15) is 0 Å². The maximum atomic E-state index is 12.4. The van der Waals surface area contributed by atoms with Crippen molar-refractivity contribution >= 4 is 33.4 Å². The van der Waals surface area contributed by atoms with E-state index in [0.717, 1.165) is 22.9 Å². The molecule has 0 bridgehead atoms. The van der Waals surface area contributed by atoms with Crippen LogP contribution in [-0.4, -0.2) is 16.7 Å². The zero-order valence-corrected chi connectivity index (χ0v) is 12.9. The summed E-state index contributed by atoms with van der Waals surface area (Å²) in [5.41, 5.74) is 7.33. The van der Waals surface area contributed by atoms with Gasteiger partial charge in [-0.3, -0.25) is 14.5 Å². The van der Waals surface area contributed by atoms with Gasteiger partial charge in [0.25, 0.3) is 0 Å². The fraction of sp³-hybridized carbons (Fsp3) is 0.467. The highest BCUT2D eigenvalue weighted by atomic mass is 79.9. The third-order valence-corrected chi connectivity index (χ3v) is 5.37. The Morgan fingerprint density at radius 1 is 1.25 bits per heavy atom. The summed E-state index contributed by atoms with van der Waals surface area (Å²) in [7, 11) is 0. The Morgan fingerprint density at radius 2 is 1.85 bits per heavy atom. The van der Waals surface area contributed by atoms with Crippen LogP contribution in [0.3, 0.4) is 0 Å². The van der Waals surface area contributed by atoms with E-state index < -0.39 is 0 Å². The Morgan fingerprint density at radius 3 is 2.45 bits per heavy atom. The zero-order chi connectivity index (χ0) is 14.4. The van der Waals surface area contributed by atoms with Crippen LogP contribution in [0.1, 0.15) is 25.3 Å². The first kappa shape index (κ1) is 13.6. The number of amides is 2. The fourth-order valence-electron chi connectivity index (χ4n) is 3.39. The molecular weight excluding hydrogens is 320 g/mol. The highest BCUT2D eigenvalue weighted by Gasteiger charge is 2.51. The predicted molar refractivity (Wildman–Crippen MR) is 79.5 cm³/mol. The minimum Gasteiger partial charge on any atom is -0.398 e. The molecule has 0 spiro atoms. The molecule has 1 saturated heterocycles. The third kappa shape index (κ3) is 2.04. The van der Waals surface area contributed by atoms with E-state index in [1.807, 2.05) is 12.1 Å². The molecule has 1 aromatic carbocycles. The van der Waals surface area contributed by atoms with Crippen molar-refractivity contribution < 1.29 is 9.59 Å². The minimum atomic E-state index is -0.0997. The van der Waals surface area contributed by atoms with Crippen molar-refractivity contribution in [2.45, 2.75) is 26.3 Å². The number of nitrogen functional groups attached to an aromatic ring is 1. The van der Waals surface area contributed by atoms with Crippen molar-refractivity contribution in [3.8, 4) is 0 Å². The van der Waals surface area contributed by atoms with Gasteiger partial charge in [0.2, 0.25) is 11.8 Å². The largest absolute Gasteiger partial charge is 0.398 e. The molecule has 4 nitrogen and oxygen atoms in total. The first-order chi connectivity index (χ1) is 9.49. The van der Waals surface area contributed by atoms with Gasteiger partial charge in [-0.15, -0.1) is 0 Å². The van der Waals surface area contributed by atoms with Crippen molar-refractivity contribution in [2.75, 3.05) is 5.73 Å². The first-order valence-corrected chi connectivity index (χ1v) is 7.66. The van der Waals surface area contributed by atoms with E-state index in [4.69, 9.17) is 5.73 Å². The molecule has 1 heterocycles. The van der Waals surface area contributed by atoms with Crippen LogP contribution in [0.4, 0.5) is 5.69 Å². The van der Waals surface area contributed by atoms with E-state index in [0.29, 0.717) is 18.2 Å². The Hall–Kier alpha value is -1.36. The summed E-state index contributed by atoms with van der Waals surface area (Å²) >= 11 is 3.42. The topological polar surface area (TPSA) is 63.4 Å². The van der Waals surface area contributed by atoms with Crippen LogP contribution < -0.4 is 5.73 Å². The molecule has 1 saturated carbocycles. The summed E-state index contributed by atoms with van der Waals surface area (Å²) in [6, 6.07) is 5.51. The van der Waals surface area contributed by atoms with Crippen LogP contribution in [0.5, 0.6) is 0 Å². The van der Waals surface area contributed by atoms with Crippen molar-refractivity contribution in [2.24, 2.45) is 17.8 Å². The smallest absolute Gasteiger partial charge is 0.233 e. The number of imide groups is 1. The Labute approximate surface area is 126 Å². The average Bonchev–Trinajstić information content (AvgIpc) is 2.89. The summed E-state index contributed by atoms with van der Waals surface area (Å²) in [6.45, 7) is 2.42. The number of likely N-dealkylation sites (tertiary alicyclic amines) is 1. The lowest BCUT2D eigenvalue weighted by Gasteiger charge is -2.18. The van der Waals surface area contributed by atoms with E-state index in [2.05, 4.69) is 22.9 Å². The van der Waals surface area contributed by atoms with Gasteiger partial charge in [0, 0.05) is 10.2 Å².